The van der Waals surface area contributed by atoms with E-state index < -0.39 is 0 Å². The number of hydrogen-bond donors (Lipinski definition) is 1. The zero-order valence-corrected chi connectivity index (χ0v) is 12.3. The lowest BCUT2D eigenvalue weighted by atomic mass is 10.2. The highest BCUT2D eigenvalue weighted by Crippen LogP contribution is 2.30. The lowest BCUT2D eigenvalue weighted by Gasteiger charge is -2.10. The van der Waals surface area contributed by atoms with E-state index in [0.29, 0.717) is 0 Å². The molecule has 0 aliphatic rings. The van der Waals surface area contributed by atoms with Gasteiger partial charge < -0.3 is 18.9 Å². The summed E-state index contributed by atoms with van der Waals surface area (Å²) in [6, 6.07) is 12.0. The van der Waals surface area contributed by atoms with Gasteiger partial charge >= 0.3 is 0 Å². The zero-order chi connectivity index (χ0) is 14.7. The van der Waals surface area contributed by atoms with Crippen molar-refractivity contribution < 1.29 is 13.6 Å². The summed E-state index contributed by atoms with van der Waals surface area (Å²) in [7, 11) is 1.65. The average molecular weight is 285 g/mol. The Hall–Kier alpha value is -2.20. The van der Waals surface area contributed by atoms with Crippen molar-refractivity contribution in [2.24, 2.45) is 0 Å². The Bertz CT molecular complexity index is 700. The van der Waals surface area contributed by atoms with Gasteiger partial charge in [0, 0.05) is 18.4 Å². The van der Waals surface area contributed by atoms with Crippen molar-refractivity contribution in [2.45, 2.75) is 19.4 Å². The number of methoxy groups -OCH3 is 1. The molecule has 0 saturated heterocycles. The first-order valence-electron chi connectivity index (χ1n) is 7.10. The van der Waals surface area contributed by atoms with Crippen LogP contribution >= 0.6 is 0 Å². The van der Waals surface area contributed by atoms with E-state index in [4.69, 9.17) is 13.6 Å². The molecule has 0 fully saturated rings. The molecule has 0 radical (unpaired) electrons. The molecule has 2 aromatic heterocycles. The fourth-order valence-corrected chi connectivity index (χ4v) is 2.40. The molecule has 0 spiro atoms. The van der Waals surface area contributed by atoms with Crippen molar-refractivity contribution in [1.82, 2.24) is 5.32 Å². The number of fused-ring (bicyclic) bond motifs is 1. The summed E-state index contributed by atoms with van der Waals surface area (Å²) in [5.41, 5.74) is 0.801. The molecular formula is C17H19NO3. The molecule has 4 nitrogen and oxygen atoms in total. The molecular weight excluding hydrogens is 266 g/mol. The zero-order valence-electron chi connectivity index (χ0n) is 12.3. The minimum absolute atomic E-state index is 0.136. The second-order valence-corrected chi connectivity index (χ2v) is 5.03. The monoisotopic (exact) mass is 285 g/mol. The third-order valence-electron chi connectivity index (χ3n) is 3.58. The topological polar surface area (TPSA) is 47.5 Å². The molecule has 110 valence electrons. The van der Waals surface area contributed by atoms with Gasteiger partial charge in [-0.1, -0.05) is 12.1 Å². The number of ether oxygens (including phenoxy) is 1. The second-order valence-electron chi connectivity index (χ2n) is 5.03. The van der Waals surface area contributed by atoms with E-state index in [2.05, 4.69) is 18.3 Å². The standard InChI is InChI=1S/C17H19NO3/c1-12(18-9-8-14-6-4-10-20-14)16-11-13-5-3-7-15(19-2)17(13)21-16/h3-7,10-12,18H,8-9H2,1-2H3. The minimum Gasteiger partial charge on any atom is -0.493 e. The molecule has 0 amide bonds. The third kappa shape index (κ3) is 2.95. The van der Waals surface area contributed by atoms with Crippen LogP contribution in [0.5, 0.6) is 5.75 Å². The molecule has 2 heterocycles. The van der Waals surface area contributed by atoms with Gasteiger partial charge in [-0.2, -0.15) is 0 Å². The lowest BCUT2D eigenvalue weighted by molar-refractivity contribution is 0.399. The van der Waals surface area contributed by atoms with Gasteiger partial charge in [0.05, 0.1) is 19.4 Å². The van der Waals surface area contributed by atoms with Gasteiger partial charge in [0.15, 0.2) is 11.3 Å². The van der Waals surface area contributed by atoms with Gasteiger partial charge in [-0.25, -0.2) is 0 Å². The van der Waals surface area contributed by atoms with Crippen molar-refractivity contribution in [3.63, 3.8) is 0 Å². The molecule has 1 unspecified atom stereocenters. The van der Waals surface area contributed by atoms with Crippen molar-refractivity contribution in [1.29, 1.82) is 0 Å². The maximum Gasteiger partial charge on any atom is 0.176 e. The van der Waals surface area contributed by atoms with E-state index in [1.54, 1.807) is 13.4 Å². The average Bonchev–Trinajstić information content (AvgIpc) is 3.15. The highest BCUT2D eigenvalue weighted by molar-refractivity contribution is 5.83. The van der Waals surface area contributed by atoms with E-state index in [-0.39, 0.29) is 6.04 Å². The smallest absolute Gasteiger partial charge is 0.176 e. The maximum absolute atomic E-state index is 5.93. The molecule has 0 bridgehead atoms. The molecule has 4 heteroatoms. The Kier molecular flexibility index (Phi) is 3.97. The second kappa shape index (κ2) is 6.06. The number of para-hydroxylation sites is 1. The first-order chi connectivity index (χ1) is 10.3. The molecule has 3 aromatic rings. The van der Waals surface area contributed by atoms with Gasteiger partial charge in [0.1, 0.15) is 11.5 Å². The van der Waals surface area contributed by atoms with Crippen LogP contribution in [0, 0.1) is 0 Å². The summed E-state index contributed by atoms with van der Waals surface area (Å²) < 4.78 is 16.6. The van der Waals surface area contributed by atoms with Crippen LogP contribution in [-0.2, 0) is 6.42 Å². The van der Waals surface area contributed by atoms with Crippen LogP contribution in [0.2, 0.25) is 0 Å². The van der Waals surface area contributed by atoms with Crippen LogP contribution in [0.1, 0.15) is 24.5 Å². The quantitative estimate of drug-likeness (QED) is 0.745. The van der Waals surface area contributed by atoms with Crippen molar-refractivity contribution >= 4 is 11.0 Å². The summed E-state index contributed by atoms with van der Waals surface area (Å²) in [4.78, 5) is 0. The first-order valence-corrected chi connectivity index (χ1v) is 7.10. The van der Waals surface area contributed by atoms with E-state index >= 15 is 0 Å². The van der Waals surface area contributed by atoms with Gasteiger partial charge in [-0.05, 0) is 31.2 Å². The Morgan fingerprint density at radius 2 is 2.14 bits per heavy atom. The Morgan fingerprint density at radius 1 is 1.24 bits per heavy atom. The summed E-state index contributed by atoms with van der Waals surface area (Å²) >= 11 is 0. The van der Waals surface area contributed by atoms with E-state index in [0.717, 1.165) is 41.2 Å². The molecule has 1 N–H and O–H groups in total. The maximum atomic E-state index is 5.93. The normalized spacial score (nSPS) is 12.7. The van der Waals surface area contributed by atoms with Gasteiger partial charge in [0.2, 0.25) is 0 Å². The highest BCUT2D eigenvalue weighted by Gasteiger charge is 2.13. The SMILES string of the molecule is COc1cccc2cc(C(C)NCCc3ccco3)oc12. The summed E-state index contributed by atoms with van der Waals surface area (Å²) in [6.45, 7) is 2.93. The number of rotatable bonds is 6. The molecule has 0 aliphatic heterocycles. The van der Waals surface area contributed by atoms with Crippen LogP contribution in [-0.4, -0.2) is 13.7 Å². The Balaban J connectivity index is 1.68. The van der Waals surface area contributed by atoms with Crippen LogP contribution in [0.25, 0.3) is 11.0 Å². The largest absolute Gasteiger partial charge is 0.493 e. The fraction of sp³-hybridized carbons (Fsp3) is 0.294. The third-order valence-corrected chi connectivity index (χ3v) is 3.58. The van der Waals surface area contributed by atoms with Gasteiger partial charge in [-0.15, -0.1) is 0 Å². The first kappa shape index (κ1) is 13.8. The molecule has 1 atom stereocenters. The Labute approximate surface area is 123 Å². The highest BCUT2D eigenvalue weighted by atomic mass is 16.5. The van der Waals surface area contributed by atoms with Crippen LogP contribution in [0.3, 0.4) is 0 Å². The minimum atomic E-state index is 0.136. The van der Waals surface area contributed by atoms with E-state index in [1.165, 1.54) is 0 Å². The number of hydrogen-bond acceptors (Lipinski definition) is 4. The summed E-state index contributed by atoms with van der Waals surface area (Å²) in [6.07, 6.45) is 2.56. The lowest BCUT2D eigenvalue weighted by Crippen LogP contribution is -2.20. The van der Waals surface area contributed by atoms with Crippen molar-refractivity contribution in [2.75, 3.05) is 13.7 Å². The molecule has 1 aromatic carbocycles. The van der Waals surface area contributed by atoms with Gasteiger partial charge in [-0.3, -0.25) is 0 Å². The molecule has 3 rings (SSSR count). The predicted octanol–water partition coefficient (Wildman–Crippen LogP) is 3.93. The van der Waals surface area contributed by atoms with Crippen LogP contribution in [0.15, 0.2) is 51.5 Å². The van der Waals surface area contributed by atoms with Crippen LogP contribution in [0.4, 0.5) is 0 Å². The number of nitrogens with one attached hydrogen (secondary N) is 1. The number of furan rings is 2. The molecule has 21 heavy (non-hydrogen) atoms. The summed E-state index contributed by atoms with van der Waals surface area (Å²) in [5.74, 6) is 2.66. The van der Waals surface area contributed by atoms with E-state index in [1.807, 2.05) is 30.3 Å². The predicted molar refractivity (Wildman–Crippen MR) is 81.6 cm³/mol. The van der Waals surface area contributed by atoms with Crippen LogP contribution < -0.4 is 10.1 Å². The fourth-order valence-electron chi connectivity index (χ4n) is 2.40. The van der Waals surface area contributed by atoms with Crippen molar-refractivity contribution in [3.8, 4) is 5.75 Å². The number of benzene rings is 1. The molecule has 0 saturated carbocycles. The van der Waals surface area contributed by atoms with E-state index in [9.17, 15) is 0 Å². The molecule has 0 aliphatic carbocycles. The van der Waals surface area contributed by atoms with Crippen molar-refractivity contribution in [3.05, 3.63) is 54.2 Å². The van der Waals surface area contributed by atoms with Gasteiger partial charge in [0.25, 0.3) is 0 Å². The summed E-state index contributed by atoms with van der Waals surface area (Å²) in [5, 5.41) is 4.50. The Morgan fingerprint density at radius 3 is 2.90 bits per heavy atom.